The van der Waals surface area contributed by atoms with Gasteiger partial charge in [-0.15, -0.1) is 39.9 Å². The fraction of sp³-hybridized carbons (Fsp3) is 0.625. The molecule has 0 radical (unpaired) electrons. The first kappa shape index (κ1) is 54.2. The lowest BCUT2D eigenvalue weighted by Gasteiger charge is -2.43. The van der Waals surface area contributed by atoms with Crippen molar-refractivity contribution in [3.8, 4) is 48.1 Å². The summed E-state index contributed by atoms with van der Waals surface area (Å²) in [4.78, 5) is 56.5. The number of aromatic nitrogens is 12. The molecule has 368 valence electrons. The summed E-state index contributed by atoms with van der Waals surface area (Å²) in [5.74, 6) is 2.05. The molecule has 24 nitrogen and oxygen atoms in total. The molecule has 34 heteroatoms. The fourth-order valence-corrected chi connectivity index (χ4v) is 6.20. The van der Waals surface area contributed by atoms with Crippen LogP contribution in [0.5, 0.6) is 48.1 Å². The molecule has 2 aliphatic rings. The molecule has 4 unspecified atom stereocenters. The third kappa shape index (κ3) is 15.5. The van der Waals surface area contributed by atoms with Crippen molar-refractivity contribution in [2.24, 2.45) is 0 Å². The van der Waals surface area contributed by atoms with Gasteiger partial charge < -0.3 is 72.4 Å². The van der Waals surface area contributed by atoms with Crippen LogP contribution in [0.15, 0.2) is 0 Å². The Morgan fingerprint density at radius 2 is 0.591 bits per heavy atom. The zero-order valence-corrected chi connectivity index (χ0v) is 38.0. The first-order valence-electron chi connectivity index (χ1n) is 19.1. The lowest BCUT2D eigenvalue weighted by Crippen LogP contribution is -2.60. The molecule has 0 bridgehead atoms. The van der Waals surface area contributed by atoms with E-state index in [-0.39, 0.29) is 60.2 Å². The van der Waals surface area contributed by atoms with Gasteiger partial charge >= 0.3 is 74.5 Å². The molecule has 0 aliphatic carbocycles. The van der Waals surface area contributed by atoms with Crippen molar-refractivity contribution in [2.45, 2.75) is 12.1 Å². The number of hydrogen-bond donors (Lipinski definition) is 0. The summed E-state index contributed by atoms with van der Waals surface area (Å²) in [6, 6.07) is 1.08. The summed E-state index contributed by atoms with van der Waals surface area (Å²) in [6.07, 6.45) is 0. The van der Waals surface area contributed by atoms with Crippen molar-refractivity contribution >= 4 is 26.4 Å². The van der Waals surface area contributed by atoms with Gasteiger partial charge in [-0.25, -0.2) is 8.97 Å². The van der Waals surface area contributed by atoms with E-state index in [1.54, 1.807) is 0 Å². The van der Waals surface area contributed by atoms with Gasteiger partial charge in [0.25, 0.3) is 0 Å². The molecule has 6 heterocycles. The van der Waals surface area contributed by atoms with Gasteiger partial charge in [0.15, 0.2) is 23.7 Å². The van der Waals surface area contributed by atoms with Gasteiger partial charge in [0.2, 0.25) is 0 Å². The first-order chi connectivity index (χ1) is 30.9. The van der Waals surface area contributed by atoms with Crippen LogP contribution in [0.4, 0.5) is 46.4 Å². The fourth-order valence-electron chi connectivity index (χ4n) is 6.20. The number of likely N-dealkylation sites (N-methyl/N-ethyl adjacent to an activating group) is 4. The van der Waals surface area contributed by atoms with Crippen molar-refractivity contribution < 1.29 is 72.4 Å². The van der Waals surface area contributed by atoms with Crippen LogP contribution in [-0.4, -0.2) is 208 Å². The average Bonchev–Trinajstić information content (AvgIpc) is 3.28. The number of quaternary nitrogens is 2. The van der Waals surface area contributed by atoms with E-state index in [0.717, 1.165) is 13.1 Å². The maximum absolute atomic E-state index is 9.75. The minimum atomic E-state index is -6.00. The highest BCUT2D eigenvalue weighted by Crippen LogP contribution is 2.37. The van der Waals surface area contributed by atoms with E-state index in [2.05, 4.69) is 69.6 Å². The van der Waals surface area contributed by atoms with Gasteiger partial charge in [-0.05, 0) is 14.1 Å². The second kappa shape index (κ2) is 23.3. The first-order valence-corrected chi connectivity index (χ1v) is 19.1. The molecule has 4 aromatic rings. The van der Waals surface area contributed by atoms with Gasteiger partial charge in [0.05, 0.1) is 97.2 Å². The number of piperazine rings is 2. The Balaban J connectivity index is 0.000000291. The van der Waals surface area contributed by atoms with Crippen LogP contribution in [0, 0.1) is 0 Å². The van der Waals surface area contributed by atoms with Crippen LogP contribution in [0.1, 0.15) is 23.7 Å². The van der Waals surface area contributed by atoms with Crippen molar-refractivity contribution in [3.63, 3.8) is 0 Å². The normalized spacial score (nSPS) is 21.0. The number of hydrogen-bond acceptors (Lipinski definition) is 22. The van der Waals surface area contributed by atoms with Gasteiger partial charge in [0.1, 0.15) is 0 Å². The third-order valence-electron chi connectivity index (χ3n) is 9.60. The molecule has 0 amide bonds. The zero-order valence-electron chi connectivity index (χ0n) is 38.0. The van der Waals surface area contributed by atoms with Crippen LogP contribution >= 0.6 is 0 Å². The monoisotopic (exact) mass is 960 g/mol. The minimum absolute atomic E-state index is 0.185. The smallest absolute Gasteiger partial charge is 0.467 e. The standard InChI is InChI=1S/2C16H25N8O4.2BF4/c2*1-23-7-8-24(2,12-19-15(27-5)22-16(20-12)28-6)10(9-23)11-17-13(25-3)21-14(18-11)26-4;2*2-1(3,4)5/h2*10H,7-9H2,1-6H3;;/q2*+1;2*-1. The van der Waals surface area contributed by atoms with Crippen LogP contribution < -0.4 is 46.9 Å². The van der Waals surface area contributed by atoms with Crippen LogP contribution in [0.3, 0.4) is 0 Å². The molecule has 2 aliphatic heterocycles. The number of methoxy groups -OCH3 is 8. The zero-order chi connectivity index (χ0) is 49.6. The number of rotatable bonds is 12. The Morgan fingerprint density at radius 3 is 0.788 bits per heavy atom. The molecule has 6 rings (SSSR count). The highest BCUT2D eigenvalue weighted by Gasteiger charge is 2.47. The third-order valence-corrected chi connectivity index (χ3v) is 9.60. The van der Waals surface area contributed by atoms with Crippen LogP contribution in [0.25, 0.3) is 0 Å². The largest absolute Gasteiger partial charge is 0.673 e. The topological polar surface area (TPSA) is 235 Å². The summed E-state index contributed by atoms with van der Waals surface area (Å²) in [7, 11) is 8.14. The Labute approximate surface area is 373 Å². The SMILES string of the molecule is COc1nc(OC)nc(C2CN(C)CC[N+]2(C)c2nc(OC)nc(OC)n2)n1.COc1nc(OC)nc(C2CN(C)CC[N+]2(C)c2nc(OC)nc(OC)n2)n1.F[B-](F)(F)F.F[B-](F)(F)F. The predicted molar refractivity (Wildman–Crippen MR) is 218 cm³/mol. The maximum atomic E-state index is 9.75. The second-order valence-electron chi connectivity index (χ2n) is 14.1. The summed E-state index contributed by atoms with van der Waals surface area (Å²) >= 11 is 0. The molecule has 0 saturated carbocycles. The summed E-state index contributed by atoms with van der Waals surface area (Å²) in [5, 5.41) is 0. The van der Waals surface area contributed by atoms with Gasteiger partial charge in [-0.2, -0.15) is 19.9 Å². The predicted octanol–water partition coefficient (Wildman–Crippen LogP) is 2.03. The lowest BCUT2D eigenvalue weighted by molar-refractivity contribution is 0.103. The molecule has 0 spiro atoms. The molecule has 4 atom stereocenters. The highest BCUT2D eigenvalue weighted by atomic mass is 19.5. The number of nitrogens with zero attached hydrogens (tertiary/aromatic N) is 16. The summed E-state index contributed by atoms with van der Waals surface area (Å²) < 4.78 is 120. The number of ether oxygens (including phenoxy) is 8. The molecule has 2 fully saturated rings. The molecule has 2 saturated heterocycles. The van der Waals surface area contributed by atoms with E-state index in [1.165, 1.54) is 56.9 Å². The molecule has 4 aromatic heterocycles. The van der Waals surface area contributed by atoms with E-state index in [1.807, 2.05) is 28.2 Å². The maximum Gasteiger partial charge on any atom is 0.673 e. The summed E-state index contributed by atoms with van der Waals surface area (Å²) in [5.41, 5.74) is 0. The molecule has 0 N–H and O–H groups in total. The highest BCUT2D eigenvalue weighted by molar-refractivity contribution is 6.50. The Kier molecular flexibility index (Phi) is 19.2. The number of halogens is 8. The van der Waals surface area contributed by atoms with Crippen molar-refractivity contribution in [1.82, 2.24) is 78.6 Å². The minimum Gasteiger partial charge on any atom is -0.467 e. The van der Waals surface area contributed by atoms with E-state index >= 15 is 0 Å². The van der Waals surface area contributed by atoms with Crippen molar-refractivity contribution in [1.29, 1.82) is 0 Å². The quantitative estimate of drug-likeness (QED) is 0.112. The second-order valence-corrected chi connectivity index (χ2v) is 14.1. The molecular weight excluding hydrogens is 910 g/mol. The lowest BCUT2D eigenvalue weighted by atomic mass is 10.1. The average molecular weight is 960 g/mol. The van der Waals surface area contributed by atoms with E-state index in [0.29, 0.717) is 58.7 Å². The Bertz CT molecular complexity index is 1940. The Hall–Kier alpha value is -6.15. The van der Waals surface area contributed by atoms with Crippen LogP contribution in [0.2, 0.25) is 0 Å². The molecule has 0 aromatic carbocycles. The van der Waals surface area contributed by atoms with E-state index in [4.69, 9.17) is 37.9 Å². The van der Waals surface area contributed by atoms with Gasteiger partial charge in [-0.3, -0.25) is 9.80 Å². The van der Waals surface area contributed by atoms with Gasteiger partial charge in [0, 0.05) is 13.1 Å². The molecular formula is C32H50B2F8N16O8. The van der Waals surface area contributed by atoms with Crippen molar-refractivity contribution in [2.75, 3.05) is 124 Å². The Morgan fingerprint density at radius 1 is 0.394 bits per heavy atom. The van der Waals surface area contributed by atoms with Crippen molar-refractivity contribution in [3.05, 3.63) is 11.6 Å². The van der Waals surface area contributed by atoms with Crippen LogP contribution in [-0.2, 0) is 0 Å². The summed E-state index contributed by atoms with van der Waals surface area (Å²) in [6.45, 7) is 4.44. The molecule has 66 heavy (non-hydrogen) atoms. The van der Waals surface area contributed by atoms with E-state index in [9.17, 15) is 34.5 Å². The van der Waals surface area contributed by atoms with E-state index < -0.39 is 14.5 Å². The van der Waals surface area contributed by atoms with Gasteiger partial charge in [-0.1, -0.05) is 0 Å².